The Bertz CT molecular complexity index is 804. The van der Waals surface area contributed by atoms with Gasteiger partial charge in [0.15, 0.2) is 0 Å². The SMILES string of the molecule is CCC(=O)CCCCCCC(=O)NCCOCCOCCOCCO[C@@H]1S[C@@H](CCCCC(=O)OC)[C@H]2NC(=O)N[C@H]21. The number of hydrogen-bond donors (Lipinski definition) is 3. The van der Waals surface area contributed by atoms with Crippen LogP contribution >= 0.6 is 11.8 Å². The molecule has 42 heavy (non-hydrogen) atoms. The second-order valence-electron chi connectivity index (χ2n) is 10.4. The van der Waals surface area contributed by atoms with Gasteiger partial charge in [-0.25, -0.2) is 4.79 Å². The number of Topliss-reactive ketones (excluding diaryl/α,β-unsaturated/α-hetero) is 1. The van der Waals surface area contributed by atoms with E-state index in [4.69, 9.17) is 18.9 Å². The van der Waals surface area contributed by atoms with E-state index in [1.54, 1.807) is 11.8 Å². The number of methoxy groups -OCH3 is 1. The Morgan fingerprint density at radius 1 is 0.786 bits per heavy atom. The summed E-state index contributed by atoms with van der Waals surface area (Å²) in [7, 11) is 1.40. The van der Waals surface area contributed by atoms with Gasteiger partial charge in [0, 0.05) is 37.5 Å². The van der Waals surface area contributed by atoms with Crippen molar-refractivity contribution in [2.24, 2.45) is 0 Å². The van der Waals surface area contributed by atoms with Crippen LogP contribution in [0.4, 0.5) is 4.79 Å². The van der Waals surface area contributed by atoms with Gasteiger partial charge in [0.05, 0.1) is 65.4 Å². The molecule has 2 rings (SSSR count). The van der Waals surface area contributed by atoms with Gasteiger partial charge < -0.3 is 39.6 Å². The maximum Gasteiger partial charge on any atom is 0.315 e. The third-order valence-electron chi connectivity index (χ3n) is 7.16. The standard InChI is InChI=1S/C29H51N3O9S/c1-3-22(33)10-6-4-5-7-12-24(34)30-14-15-38-16-17-39-18-19-40-20-21-41-28-27-26(31-29(36)32-27)23(42-28)11-8-9-13-25(35)37-2/h23,26-28H,3-21H2,1-2H3,(H,30,34)(H2,31,32,36)/t23-,26+,27+,28+/m0/s1. The summed E-state index contributed by atoms with van der Waals surface area (Å²) in [5, 5.41) is 9.04. The highest BCUT2D eigenvalue weighted by Crippen LogP contribution is 2.39. The Morgan fingerprint density at radius 2 is 1.40 bits per heavy atom. The number of hydrogen-bond acceptors (Lipinski definition) is 10. The van der Waals surface area contributed by atoms with E-state index < -0.39 is 0 Å². The smallest absolute Gasteiger partial charge is 0.315 e. The highest BCUT2D eigenvalue weighted by Gasteiger charge is 2.49. The minimum atomic E-state index is -0.197. The summed E-state index contributed by atoms with van der Waals surface area (Å²) in [4.78, 5) is 46.3. The van der Waals surface area contributed by atoms with E-state index >= 15 is 0 Å². The molecule has 12 nitrogen and oxygen atoms in total. The summed E-state index contributed by atoms with van der Waals surface area (Å²) < 4.78 is 27.3. The first-order valence-electron chi connectivity index (χ1n) is 15.4. The van der Waals surface area contributed by atoms with E-state index in [0.29, 0.717) is 84.3 Å². The maximum absolute atomic E-state index is 11.9. The fourth-order valence-electron chi connectivity index (χ4n) is 4.79. The Balaban J connectivity index is 1.37. The molecule has 2 saturated heterocycles. The molecule has 0 bridgehead atoms. The fourth-order valence-corrected chi connectivity index (χ4v) is 6.42. The first-order valence-corrected chi connectivity index (χ1v) is 16.3. The molecule has 2 aliphatic heterocycles. The number of carbonyl (C=O) groups is 4. The summed E-state index contributed by atoms with van der Waals surface area (Å²) >= 11 is 1.72. The van der Waals surface area contributed by atoms with Crippen molar-refractivity contribution in [3.63, 3.8) is 0 Å². The van der Waals surface area contributed by atoms with Crippen LogP contribution in [0.2, 0.25) is 0 Å². The average molecular weight is 618 g/mol. The first-order chi connectivity index (χ1) is 20.4. The van der Waals surface area contributed by atoms with Crippen LogP contribution in [0.25, 0.3) is 0 Å². The Labute approximate surface area is 254 Å². The van der Waals surface area contributed by atoms with Gasteiger partial charge in [0.25, 0.3) is 0 Å². The Kier molecular flexibility index (Phi) is 19.5. The van der Waals surface area contributed by atoms with Gasteiger partial charge in [-0.1, -0.05) is 26.2 Å². The normalized spacial score (nSPS) is 21.0. The van der Waals surface area contributed by atoms with Crippen LogP contribution in [0.1, 0.15) is 77.6 Å². The molecular formula is C29H51N3O9S. The van der Waals surface area contributed by atoms with Crippen LogP contribution in [0.15, 0.2) is 0 Å². The van der Waals surface area contributed by atoms with Gasteiger partial charge in [0.1, 0.15) is 11.2 Å². The first kappa shape index (κ1) is 36.3. The lowest BCUT2D eigenvalue weighted by molar-refractivity contribution is -0.140. The lowest BCUT2D eigenvalue weighted by Gasteiger charge is -2.17. The van der Waals surface area contributed by atoms with Crippen molar-refractivity contribution < 1.29 is 42.9 Å². The zero-order chi connectivity index (χ0) is 30.4. The average Bonchev–Trinajstić information content (AvgIpc) is 3.52. The van der Waals surface area contributed by atoms with Crippen molar-refractivity contribution in [3.05, 3.63) is 0 Å². The maximum atomic E-state index is 11.9. The van der Waals surface area contributed by atoms with Crippen LogP contribution < -0.4 is 16.0 Å². The number of unbranched alkanes of at least 4 members (excludes halogenated alkanes) is 4. The summed E-state index contributed by atoms with van der Waals surface area (Å²) in [5.41, 5.74) is -0.144. The summed E-state index contributed by atoms with van der Waals surface area (Å²) in [6, 6.07) is -0.229. The van der Waals surface area contributed by atoms with Crippen molar-refractivity contribution in [1.29, 1.82) is 0 Å². The van der Waals surface area contributed by atoms with Crippen LogP contribution in [-0.2, 0) is 38.1 Å². The van der Waals surface area contributed by atoms with Crippen LogP contribution in [0.5, 0.6) is 0 Å². The lowest BCUT2D eigenvalue weighted by atomic mass is 10.0. The van der Waals surface area contributed by atoms with Crippen molar-refractivity contribution in [2.45, 2.75) is 100 Å². The van der Waals surface area contributed by atoms with E-state index in [1.807, 2.05) is 6.92 Å². The molecule has 242 valence electrons. The van der Waals surface area contributed by atoms with Crippen molar-refractivity contribution in [3.8, 4) is 0 Å². The molecule has 0 aromatic rings. The molecule has 4 atom stereocenters. The number of amides is 3. The Hall–Kier alpha value is -1.93. The third-order valence-corrected chi connectivity index (χ3v) is 8.73. The van der Waals surface area contributed by atoms with E-state index in [-0.39, 0.29) is 40.7 Å². The number of nitrogens with one attached hydrogen (secondary N) is 3. The number of urea groups is 1. The summed E-state index contributed by atoms with van der Waals surface area (Å²) in [5.74, 6) is 0.142. The molecule has 0 aromatic carbocycles. The molecule has 0 aliphatic carbocycles. The molecular weight excluding hydrogens is 566 g/mol. The quantitative estimate of drug-likeness (QED) is 0.0751. The molecule has 0 aromatic heterocycles. The fraction of sp³-hybridized carbons (Fsp3) is 0.862. The highest BCUT2D eigenvalue weighted by molar-refractivity contribution is 8.00. The molecule has 2 fully saturated rings. The molecule has 3 N–H and O–H groups in total. The van der Waals surface area contributed by atoms with E-state index in [1.165, 1.54) is 7.11 Å². The molecule has 0 spiro atoms. The molecule has 2 aliphatic rings. The van der Waals surface area contributed by atoms with Gasteiger partial charge in [0.2, 0.25) is 5.91 Å². The van der Waals surface area contributed by atoms with Gasteiger partial charge in [-0.15, -0.1) is 11.8 Å². The molecule has 0 unspecified atom stereocenters. The number of ether oxygens (including phenoxy) is 5. The van der Waals surface area contributed by atoms with Gasteiger partial charge in [-0.05, 0) is 25.7 Å². The number of rotatable bonds is 26. The minimum absolute atomic E-state index is 0.0169. The third kappa shape index (κ3) is 15.5. The van der Waals surface area contributed by atoms with Crippen LogP contribution in [0.3, 0.4) is 0 Å². The molecule has 2 heterocycles. The van der Waals surface area contributed by atoms with E-state index in [9.17, 15) is 19.2 Å². The number of esters is 1. The number of fused-ring (bicyclic) bond motifs is 1. The predicted octanol–water partition coefficient (Wildman–Crippen LogP) is 2.71. The van der Waals surface area contributed by atoms with Crippen LogP contribution in [0, 0.1) is 0 Å². The summed E-state index contributed by atoms with van der Waals surface area (Å²) in [6.07, 6.45) is 8.42. The van der Waals surface area contributed by atoms with Gasteiger partial charge >= 0.3 is 12.0 Å². The topological polar surface area (TPSA) is 151 Å². The zero-order valence-electron chi connectivity index (χ0n) is 25.3. The second kappa shape index (κ2) is 22.6. The molecule has 0 radical (unpaired) electrons. The number of thioether (sulfide) groups is 1. The molecule has 13 heteroatoms. The van der Waals surface area contributed by atoms with Gasteiger partial charge in [-0.2, -0.15) is 0 Å². The largest absolute Gasteiger partial charge is 0.469 e. The Morgan fingerprint density at radius 3 is 2.10 bits per heavy atom. The molecule has 0 saturated carbocycles. The van der Waals surface area contributed by atoms with Crippen molar-refractivity contribution in [2.75, 3.05) is 59.9 Å². The lowest BCUT2D eigenvalue weighted by Crippen LogP contribution is -2.40. The number of ketones is 1. The van der Waals surface area contributed by atoms with Crippen molar-refractivity contribution in [1.82, 2.24) is 16.0 Å². The van der Waals surface area contributed by atoms with E-state index in [2.05, 4.69) is 20.7 Å². The van der Waals surface area contributed by atoms with Gasteiger partial charge in [-0.3, -0.25) is 14.4 Å². The van der Waals surface area contributed by atoms with Crippen molar-refractivity contribution >= 4 is 35.5 Å². The number of carbonyl (C=O) groups excluding carboxylic acids is 4. The molecule has 3 amide bonds. The second-order valence-corrected chi connectivity index (χ2v) is 11.7. The predicted molar refractivity (Wildman–Crippen MR) is 159 cm³/mol. The summed E-state index contributed by atoms with van der Waals surface area (Å²) in [6.45, 7) is 5.43. The van der Waals surface area contributed by atoms with Crippen LogP contribution in [-0.4, -0.2) is 106 Å². The minimum Gasteiger partial charge on any atom is -0.469 e. The van der Waals surface area contributed by atoms with E-state index in [0.717, 1.165) is 44.9 Å². The zero-order valence-corrected chi connectivity index (χ0v) is 26.1. The highest BCUT2D eigenvalue weighted by atomic mass is 32.2. The monoisotopic (exact) mass is 617 g/mol.